The van der Waals surface area contributed by atoms with Gasteiger partial charge in [0, 0.05) is 13.1 Å². The van der Waals surface area contributed by atoms with Gasteiger partial charge in [-0.15, -0.1) is 0 Å². The largest absolute Gasteiger partial charge is 0.481 e. The van der Waals surface area contributed by atoms with Crippen LogP contribution in [0.2, 0.25) is 0 Å². The van der Waals surface area contributed by atoms with E-state index in [1.54, 1.807) is 13.8 Å². The van der Waals surface area contributed by atoms with E-state index < -0.39 is 21.4 Å². The lowest BCUT2D eigenvalue weighted by molar-refractivity contribution is -0.151. The van der Waals surface area contributed by atoms with Crippen LogP contribution in [0.1, 0.15) is 53.9 Å². The van der Waals surface area contributed by atoms with Crippen LogP contribution < -0.4 is 0 Å². The standard InChI is InChI=1S/C15H29NO4S/c1-14(2,3)8-10-21(19,20)16-9-6-7-12(11-16)15(4,5)13(17)18/h12H,6-11H2,1-5H3,(H,17,18). The molecule has 6 heteroatoms. The van der Waals surface area contributed by atoms with Gasteiger partial charge in [-0.3, -0.25) is 4.79 Å². The molecular weight excluding hydrogens is 290 g/mol. The SMILES string of the molecule is CC(C)(C)CCS(=O)(=O)N1CCCC(C(C)(C)C(=O)O)C1. The van der Waals surface area contributed by atoms with Crippen molar-refractivity contribution < 1.29 is 18.3 Å². The number of hydrogen-bond acceptors (Lipinski definition) is 3. The van der Waals surface area contributed by atoms with Crippen LogP contribution in [-0.4, -0.2) is 42.6 Å². The summed E-state index contributed by atoms with van der Waals surface area (Å²) in [5.41, 5.74) is -0.916. The van der Waals surface area contributed by atoms with E-state index >= 15 is 0 Å². The van der Waals surface area contributed by atoms with Gasteiger partial charge in [-0.1, -0.05) is 20.8 Å². The molecule has 0 aromatic heterocycles. The average molecular weight is 319 g/mol. The minimum absolute atomic E-state index is 0.0252. The second kappa shape index (κ2) is 6.24. The normalized spacial score (nSPS) is 22.2. The summed E-state index contributed by atoms with van der Waals surface area (Å²) in [6.45, 7) is 10.3. The number of carboxylic acids is 1. The zero-order valence-electron chi connectivity index (χ0n) is 13.8. The van der Waals surface area contributed by atoms with Gasteiger partial charge in [-0.05, 0) is 44.4 Å². The molecule has 0 radical (unpaired) electrons. The first kappa shape index (κ1) is 18.4. The molecule has 0 spiro atoms. The highest BCUT2D eigenvalue weighted by atomic mass is 32.2. The maximum absolute atomic E-state index is 12.5. The van der Waals surface area contributed by atoms with Crippen molar-refractivity contribution in [3.63, 3.8) is 0 Å². The van der Waals surface area contributed by atoms with Gasteiger partial charge in [-0.25, -0.2) is 12.7 Å². The fourth-order valence-corrected chi connectivity index (χ4v) is 4.47. The summed E-state index contributed by atoms with van der Waals surface area (Å²) < 4.78 is 26.4. The lowest BCUT2D eigenvalue weighted by Gasteiger charge is -2.38. The molecule has 1 N–H and O–H groups in total. The molecule has 1 unspecified atom stereocenters. The molecule has 1 aliphatic rings. The molecule has 5 nitrogen and oxygen atoms in total. The van der Waals surface area contributed by atoms with E-state index in [1.165, 1.54) is 4.31 Å². The minimum atomic E-state index is -3.30. The Morgan fingerprint density at radius 2 is 1.81 bits per heavy atom. The quantitative estimate of drug-likeness (QED) is 0.845. The fraction of sp³-hybridized carbons (Fsp3) is 0.933. The number of rotatable bonds is 5. The number of carboxylic acid groups (broad SMARTS) is 1. The van der Waals surface area contributed by atoms with Gasteiger partial charge >= 0.3 is 5.97 Å². The van der Waals surface area contributed by atoms with Crippen LogP contribution in [-0.2, 0) is 14.8 Å². The van der Waals surface area contributed by atoms with Crippen LogP contribution in [0.25, 0.3) is 0 Å². The van der Waals surface area contributed by atoms with Gasteiger partial charge < -0.3 is 5.11 Å². The fourth-order valence-electron chi connectivity index (χ4n) is 2.52. The molecule has 21 heavy (non-hydrogen) atoms. The third kappa shape index (κ3) is 4.95. The lowest BCUT2D eigenvalue weighted by atomic mass is 9.75. The number of carbonyl (C=O) groups is 1. The van der Waals surface area contributed by atoms with Crippen molar-refractivity contribution in [2.45, 2.75) is 53.9 Å². The minimum Gasteiger partial charge on any atom is -0.481 e. The van der Waals surface area contributed by atoms with Crippen LogP contribution >= 0.6 is 0 Å². The summed E-state index contributed by atoms with van der Waals surface area (Å²) >= 11 is 0. The summed E-state index contributed by atoms with van der Waals surface area (Å²) in [7, 11) is -3.30. The van der Waals surface area contributed by atoms with E-state index in [4.69, 9.17) is 0 Å². The molecule has 1 fully saturated rings. The van der Waals surface area contributed by atoms with E-state index in [0.717, 1.165) is 12.8 Å². The molecule has 1 saturated heterocycles. The highest BCUT2D eigenvalue weighted by Crippen LogP contribution is 2.35. The molecule has 0 aromatic rings. The van der Waals surface area contributed by atoms with E-state index in [1.807, 2.05) is 20.8 Å². The highest BCUT2D eigenvalue weighted by molar-refractivity contribution is 7.89. The van der Waals surface area contributed by atoms with Gasteiger partial charge in [0.25, 0.3) is 0 Å². The Morgan fingerprint density at radius 1 is 1.24 bits per heavy atom. The first-order valence-electron chi connectivity index (χ1n) is 7.57. The lowest BCUT2D eigenvalue weighted by Crippen LogP contribution is -2.47. The molecule has 0 aromatic carbocycles. The Morgan fingerprint density at radius 3 is 2.29 bits per heavy atom. The average Bonchev–Trinajstić information content (AvgIpc) is 2.36. The van der Waals surface area contributed by atoms with Gasteiger partial charge in [0.15, 0.2) is 0 Å². The maximum atomic E-state index is 12.5. The zero-order chi connectivity index (χ0) is 16.5. The monoisotopic (exact) mass is 319 g/mol. The third-order valence-corrected chi connectivity index (χ3v) is 6.30. The summed E-state index contributed by atoms with van der Waals surface area (Å²) in [5, 5.41) is 9.32. The van der Waals surface area contributed by atoms with Gasteiger partial charge in [0.2, 0.25) is 10.0 Å². The van der Waals surface area contributed by atoms with E-state index in [0.29, 0.717) is 19.5 Å². The second-order valence-corrected chi connectivity index (χ2v) is 9.94. The highest BCUT2D eigenvalue weighted by Gasteiger charge is 2.41. The zero-order valence-corrected chi connectivity index (χ0v) is 14.7. The number of piperidine rings is 1. The van der Waals surface area contributed by atoms with Gasteiger partial charge in [0.05, 0.1) is 11.2 Å². The Bertz CT molecular complexity index is 476. The molecule has 0 aliphatic carbocycles. The molecule has 1 aliphatic heterocycles. The Labute approximate surface area is 128 Å². The van der Waals surface area contributed by atoms with Crippen molar-refractivity contribution in [1.29, 1.82) is 0 Å². The predicted molar refractivity (Wildman–Crippen MR) is 83.6 cm³/mol. The number of nitrogens with zero attached hydrogens (tertiary/aromatic N) is 1. The van der Waals surface area contributed by atoms with E-state index in [9.17, 15) is 18.3 Å². The van der Waals surface area contributed by atoms with Crippen LogP contribution in [0.15, 0.2) is 0 Å². The maximum Gasteiger partial charge on any atom is 0.309 e. The summed E-state index contributed by atoms with van der Waals surface area (Å²) in [6.07, 6.45) is 2.11. The van der Waals surface area contributed by atoms with Crippen LogP contribution in [0.3, 0.4) is 0 Å². The first-order chi connectivity index (χ1) is 9.36. The number of hydrogen-bond donors (Lipinski definition) is 1. The Kier molecular flexibility index (Phi) is 5.48. The van der Waals surface area contributed by atoms with E-state index in [-0.39, 0.29) is 17.1 Å². The smallest absolute Gasteiger partial charge is 0.309 e. The van der Waals surface area contributed by atoms with Crippen molar-refractivity contribution >= 4 is 16.0 Å². The molecular formula is C15H29NO4S. The van der Waals surface area contributed by atoms with Crippen molar-refractivity contribution in [3.8, 4) is 0 Å². The molecule has 124 valence electrons. The molecule has 0 amide bonds. The van der Waals surface area contributed by atoms with Crippen molar-refractivity contribution in [2.75, 3.05) is 18.8 Å². The first-order valence-corrected chi connectivity index (χ1v) is 9.18. The van der Waals surface area contributed by atoms with Crippen LogP contribution in [0, 0.1) is 16.7 Å². The van der Waals surface area contributed by atoms with Crippen molar-refractivity contribution in [2.24, 2.45) is 16.7 Å². The second-order valence-electron chi connectivity index (χ2n) is 7.85. The molecule has 0 bridgehead atoms. The van der Waals surface area contributed by atoms with Crippen LogP contribution in [0.5, 0.6) is 0 Å². The van der Waals surface area contributed by atoms with Crippen molar-refractivity contribution in [3.05, 3.63) is 0 Å². The molecule has 0 saturated carbocycles. The third-order valence-electron chi connectivity index (χ3n) is 4.46. The molecule has 1 rings (SSSR count). The van der Waals surface area contributed by atoms with E-state index in [2.05, 4.69) is 0 Å². The molecule has 1 atom stereocenters. The Balaban J connectivity index is 2.78. The topological polar surface area (TPSA) is 74.7 Å². The summed E-state index contributed by atoms with van der Waals surface area (Å²) in [6, 6.07) is 0. The Hall–Kier alpha value is -0.620. The molecule has 1 heterocycles. The van der Waals surface area contributed by atoms with Crippen LogP contribution in [0.4, 0.5) is 0 Å². The summed E-state index contributed by atoms with van der Waals surface area (Å²) in [5.74, 6) is -0.855. The number of sulfonamides is 1. The van der Waals surface area contributed by atoms with Crippen molar-refractivity contribution in [1.82, 2.24) is 4.31 Å². The number of aliphatic carboxylic acids is 1. The van der Waals surface area contributed by atoms with Gasteiger partial charge in [-0.2, -0.15) is 0 Å². The van der Waals surface area contributed by atoms with Gasteiger partial charge in [0.1, 0.15) is 0 Å². The predicted octanol–water partition coefficient (Wildman–Crippen LogP) is 2.58. The summed E-state index contributed by atoms with van der Waals surface area (Å²) in [4.78, 5) is 11.4.